The van der Waals surface area contributed by atoms with Gasteiger partial charge in [0.1, 0.15) is 0 Å². The average molecular weight is 497 g/mol. The molecule has 0 bridgehead atoms. The molecule has 6 aromatic rings. The number of pyridine rings is 2. The van der Waals surface area contributed by atoms with Crippen molar-refractivity contribution in [3.05, 3.63) is 168 Å². The molecule has 0 fully saturated rings. The molecule has 3 nitrogen and oxygen atoms in total. The first-order valence-electron chi connectivity index (χ1n) is 13.4. The Hall–Kier alpha value is -4.96. The first-order valence-corrected chi connectivity index (χ1v) is 13.4. The van der Waals surface area contributed by atoms with Crippen LogP contribution in [0.25, 0.3) is 0 Å². The van der Waals surface area contributed by atoms with E-state index in [9.17, 15) is 0 Å². The van der Waals surface area contributed by atoms with Gasteiger partial charge in [-0.25, -0.2) is 0 Å². The number of hydrogen-bond donors (Lipinski definition) is 0. The molecule has 0 aliphatic carbocycles. The number of nitrogens with zero attached hydrogens (tertiary/aromatic N) is 3. The predicted octanol–water partition coefficient (Wildman–Crippen LogP) is 5.47. The highest BCUT2D eigenvalue weighted by atomic mass is 15.2. The van der Waals surface area contributed by atoms with E-state index in [1.54, 1.807) is 0 Å². The molecule has 1 spiro atoms. The fourth-order valence-electron chi connectivity index (χ4n) is 6.89. The molecule has 1 atom stereocenters. The summed E-state index contributed by atoms with van der Waals surface area (Å²) in [5, 5.41) is 0. The molecule has 8 rings (SSSR count). The van der Waals surface area contributed by atoms with Crippen molar-refractivity contribution in [3.63, 3.8) is 0 Å². The molecule has 1 unspecified atom stereocenters. The average Bonchev–Trinajstić information content (AvgIpc) is 3.02. The van der Waals surface area contributed by atoms with Crippen LogP contribution in [0.15, 0.2) is 146 Å². The maximum absolute atomic E-state index is 5.20. The fraction of sp³-hybridized carbons (Fsp3) is 0.0286. The van der Waals surface area contributed by atoms with Gasteiger partial charge in [-0.1, -0.05) is 107 Å². The van der Waals surface area contributed by atoms with Crippen molar-refractivity contribution < 1.29 is 0 Å². The van der Waals surface area contributed by atoms with E-state index in [4.69, 9.17) is 9.97 Å². The van der Waals surface area contributed by atoms with Gasteiger partial charge in [0, 0.05) is 24.3 Å². The van der Waals surface area contributed by atoms with E-state index in [0.29, 0.717) is 0 Å². The highest BCUT2D eigenvalue weighted by Crippen LogP contribution is 2.56. The standard InChI is InChI=1S/C35H24BN3/c1-3-12-25(13-4-1)36-30-18-9-7-16-27(30)35(29-24-37-23-21-31(29)36)28-17-8-10-19-32(28)39(26-14-5-2-6-15-26)33-20-11-22-38-34(33)35/h1-24H. The Morgan fingerprint density at radius 2 is 1.21 bits per heavy atom. The summed E-state index contributed by atoms with van der Waals surface area (Å²) < 4.78 is 0. The third kappa shape index (κ3) is 3.00. The first kappa shape index (κ1) is 22.1. The Balaban J connectivity index is 1.53. The lowest BCUT2D eigenvalue weighted by atomic mass is 9.31. The summed E-state index contributed by atoms with van der Waals surface area (Å²) >= 11 is 0. The van der Waals surface area contributed by atoms with E-state index in [2.05, 4.69) is 132 Å². The van der Waals surface area contributed by atoms with Crippen LogP contribution in [0.1, 0.15) is 22.4 Å². The van der Waals surface area contributed by atoms with Gasteiger partial charge in [-0.3, -0.25) is 9.97 Å². The number of benzene rings is 4. The monoisotopic (exact) mass is 497 g/mol. The molecule has 2 aromatic heterocycles. The van der Waals surface area contributed by atoms with Gasteiger partial charge in [0.05, 0.1) is 22.5 Å². The van der Waals surface area contributed by atoms with Gasteiger partial charge in [-0.15, -0.1) is 0 Å². The zero-order valence-electron chi connectivity index (χ0n) is 21.3. The second-order valence-corrected chi connectivity index (χ2v) is 10.2. The van der Waals surface area contributed by atoms with Crippen LogP contribution in [-0.4, -0.2) is 16.7 Å². The van der Waals surface area contributed by atoms with Crippen molar-refractivity contribution in [3.8, 4) is 0 Å². The highest BCUT2D eigenvalue weighted by molar-refractivity contribution is 6.96. The number of fused-ring (bicyclic) bond motifs is 8. The molecule has 182 valence electrons. The third-order valence-electron chi connectivity index (χ3n) is 8.32. The van der Waals surface area contributed by atoms with Gasteiger partial charge in [-0.05, 0) is 53.1 Å². The molecule has 0 saturated heterocycles. The van der Waals surface area contributed by atoms with E-state index in [0.717, 1.165) is 22.8 Å². The molecular weight excluding hydrogens is 473 g/mol. The van der Waals surface area contributed by atoms with E-state index in [-0.39, 0.29) is 6.71 Å². The minimum absolute atomic E-state index is 0.109. The molecule has 39 heavy (non-hydrogen) atoms. The van der Waals surface area contributed by atoms with Crippen molar-refractivity contribution in [2.45, 2.75) is 5.41 Å². The zero-order chi connectivity index (χ0) is 25.8. The minimum Gasteiger partial charge on any atom is -0.308 e. The molecule has 2 aliphatic heterocycles. The predicted molar refractivity (Wildman–Crippen MR) is 160 cm³/mol. The molecule has 0 amide bonds. The molecule has 4 heteroatoms. The number of anilines is 3. The van der Waals surface area contributed by atoms with Crippen LogP contribution >= 0.6 is 0 Å². The number of rotatable bonds is 2. The number of hydrogen-bond acceptors (Lipinski definition) is 3. The smallest absolute Gasteiger partial charge is 0.242 e. The molecule has 4 heterocycles. The van der Waals surface area contributed by atoms with Gasteiger partial charge < -0.3 is 4.90 Å². The van der Waals surface area contributed by atoms with Crippen molar-refractivity contribution in [1.29, 1.82) is 0 Å². The van der Waals surface area contributed by atoms with Crippen LogP contribution in [-0.2, 0) is 5.41 Å². The summed E-state index contributed by atoms with van der Waals surface area (Å²) in [6, 6.07) is 45.6. The Kier molecular flexibility index (Phi) is 4.83. The van der Waals surface area contributed by atoms with E-state index in [1.165, 1.54) is 33.1 Å². The first-order chi connectivity index (χ1) is 19.4. The maximum Gasteiger partial charge on any atom is 0.242 e. The Bertz CT molecular complexity index is 1600. The lowest BCUT2D eigenvalue weighted by Crippen LogP contribution is -2.62. The van der Waals surface area contributed by atoms with Crippen molar-refractivity contribution in [2.24, 2.45) is 0 Å². The number of para-hydroxylation sites is 2. The van der Waals surface area contributed by atoms with E-state index >= 15 is 0 Å². The number of aromatic nitrogens is 2. The van der Waals surface area contributed by atoms with Gasteiger partial charge >= 0.3 is 0 Å². The van der Waals surface area contributed by atoms with Crippen LogP contribution in [0.3, 0.4) is 0 Å². The summed E-state index contributed by atoms with van der Waals surface area (Å²) in [5.41, 5.74) is 11.3. The summed E-state index contributed by atoms with van der Waals surface area (Å²) in [4.78, 5) is 12.3. The molecular formula is C35H24BN3. The molecule has 0 N–H and O–H groups in total. The molecule has 2 aliphatic rings. The van der Waals surface area contributed by atoms with Crippen LogP contribution in [0, 0.1) is 0 Å². The summed E-state index contributed by atoms with van der Waals surface area (Å²) in [7, 11) is 0. The second-order valence-electron chi connectivity index (χ2n) is 10.2. The van der Waals surface area contributed by atoms with E-state index < -0.39 is 5.41 Å². The van der Waals surface area contributed by atoms with Crippen LogP contribution in [0.2, 0.25) is 0 Å². The maximum atomic E-state index is 5.20. The Morgan fingerprint density at radius 1 is 0.538 bits per heavy atom. The third-order valence-corrected chi connectivity index (χ3v) is 8.32. The lowest BCUT2D eigenvalue weighted by Gasteiger charge is -2.49. The van der Waals surface area contributed by atoms with Gasteiger partial charge in [0.15, 0.2) is 0 Å². The SMILES string of the molecule is c1ccc(B2c3ccccc3C3(c4cnccc42)c2ccccc2N(c2ccccc2)c2cccnc23)cc1. The molecule has 0 radical (unpaired) electrons. The molecule has 4 aromatic carbocycles. The molecule has 0 saturated carbocycles. The summed E-state index contributed by atoms with van der Waals surface area (Å²) in [6.45, 7) is 0.109. The van der Waals surface area contributed by atoms with Crippen molar-refractivity contribution in [2.75, 3.05) is 4.90 Å². The van der Waals surface area contributed by atoms with Gasteiger partial charge in [0.2, 0.25) is 6.71 Å². The summed E-state index contributed by atoms with van der Waals surface area (Å²) in [5.74, 6) is 0. The second kappa shape index (κ2) is 8.54. The Labute approximate surface area is 228 Å². The Morgan fingerprint density at radius 3 is 2.05 bits per heavy atom. The van der Waals surface area contributed by atoms with Crippen molar-refractivity contribution >= 4 is 40.2 Å². The summed E-state index contributed by atoms with van der Waals surface area (Å²) in [6.07, 6.45) is 5.94. The normalized spacial score (nSPS) is 16.7. The fourth-order valence-corrected chi connectivity index (χ4v) is 6.89. The zero-order valence-corrected chi connectivity index (χ0v) is 21.3. The van der Waals surface area contributed by atoms with Gasteiger partial charge in [-0.2, -0.15) is 0 Å². The van der Waals surface area contributed by atoms with Crippen LogP contribution in [0.4, 0.5) is 17.1 Å². The van der Waals surface area contributed by atoms with Crippen molar-refractivity contribution in [1.82, 2.24) is 9.97 Å². The topological polar surface area (TPSA) is 29.0 Å². The highest BCUT2D eigenvalue weighted by Gasteiger charge is 2.53. The van der Waals surface area contributed by atoms with E-state index in [1.807, 2.05) is 18.5 Å². The van der Waals surface area contributed by atoms with Crippen LogP contribution < -0.4 is 21.3 Å². The van der Waals surface area contributed by atoms with Crippen LogP contribution in [0.5, 0.6) is 0 Å². The van der Waals surface area contributed by atoms with Gasteiger partial charge in [0.25, 0.3) is 0 Å². The lowest BCUT2D eigenvalue weighted by molar-refractivity contribution is 0.702. The quantitative estimate of drug-likeness (QED) is 0.297. The minimum atomic E-state index is -0.607. The largest absolute Gasteiger partial charge is 0.308 e.